The van der Waals surface area contributed by atoms with Crippen LogP contribution in [0.1, 0.15) is 38.4 Å². The smallest absolute Gasteiger partial charge is 0.335 e. The number of carboxylic acids is 1. The minimum atomic E-state index is -1.02. The molecule has 0 fully saturated rings. The highest BCUT2D eigenvalue weighted by Crippen LogP contribution is 2.26. The maximum absolute atomic E-state index is 14.2. The van der Waals surface area contributed by atoms with Gasteiger partial charge in [-0.25, -0.2) is 19.2 Å². The largest absolute Gasteiger partial charge is 0.478 e. The van der Waals surface area contributed by atoms with E-state index in [1.165, 1.54) is 18.2 Å². The van der Waals surface area contributed by atoms with Gasteiger partial charge in [0.15, 0.2) is 0 Å². The summed E-state index contributed by atoms with van der Waals surface area (Å²) < 4.78 is 27.1. The lowest BCUT2D eigenvalue weighted by Gasteiger charge is -2.11. The number of pyridine rings is 1. The Morgan fingerprint density at radius 3 is 2.57 bits per heavy atom. The van der Waals surface area contributed by atoms with Crippen LogP contribution in [-0.4, -0.2) is 39.3 Å². The van der Waals surface area contributed by atoms with E-state index in [2.05, 4.69) is 11.1 Å². The van der Waals surface area contributed by atoms with Gasteiger partial charge in [0.1, 0.15) is 18.2 Å². The number of hydrogen-bond acceptors (Lipinski definition) is 7. The van der Waals surface area contributed by atoms with Crippen LogP contribution in [0, 0.1) is 28.5 Å². The van der Waals surface area contributed by atoms with E-state index in [0.717, 1.165) is 11.6 Å². The van der Waals surface area contributed by atoms with Gasteiger partial charge < -0.3 is 19.1 Å². The number of fused-ring (bicyclic) bond motifs is 1. The van der Waals surface area contributed by atoms with E-state index in [1.807, 2.05) is 22.8 Å². The normalized spacial score (nSPS) is 10.8. The number of benzene rings is 3. The van der Waals surface area contributed by atoms with Crippen LogP contribution in [0.4, 0.5) is 4.39 Å². The number of imidazole rings is 1. The van der Waals surface area contributed by atoms with E-state index in [0.29, 0.717) is 58.8 Å². The standard InChI is InChI=1S/C32H24FN5O4/c1-41-12-11-38-29-15-23(32(39)40)9-10-28(29)36-30(38)16-21-7-8-22(14-25(21)18-35)27-3-2-4-31(37-27)42-19-24-6-5-20(17-34)13-26(24)33/h2-10,13-15H,11-12,16,19H2,1H3,(H,39,40). The zero-order chi connectivity index (χ0) is 29.6. The first-order chi connectivity index (χ1) is 20.4. The molecular weight excluding hydrogens is 537 g/mol. The van der Waals surface area contributed by atoms with Crippen LogP contribution in [0.15, 0.2) is 72.8 Å². The van der Waals surface area contributed by atoms with E-state index < -0.39 is 11.8 Å². The summed E-state index contributed by atoms with van der Waals surface area (Å²) in [5.74, 6) is -0.592. The van der Waals surface area contributed by atoms with Crippen molar-refractivity contribution in [2.45, 2.75) is 19.6 Å². The average molecular weight is 562 g/mol. The Morgan fingerprint density at radius 2 is 1.83 bits per heavy atom. The fourth-order valence-electron chi connectivity index (χ4n) is 4.58. The molecule has 0 saturated carbocycles. The lowest BCUT2D eigenvalue weighted by Crippen LogP contribution is -2.10. The van der Waals surface area contributed by atoms with Gasteiger partial charge in [-0.05, 0) is 48.0 Å². The van der Waals surface area contributed by atoms with Gasteiger partial charge >= 0.3 is 5.97 Å². The minimum absolute atomic E-state index is 0.0611. The summed E-state index contributed by atoms with van der Waals surface area (Å²) in [5.41, 5.74) is 4.49. The first-order valence-electron chi connectivity index (χ1n) is 12.9. The van der Waals surface area contributed by atoms with Crippen molar-refractivity contribution in [1.82, 2.24) is 14.5 Å². The number of halogens is 1. The van der Waals surface area contributed by atoms with Gasteiger partial charge in [-0.2, -0.15) is 10.5 Å². The zero-order valence-electron chi connectivity index (χ0n) is 22.5. The van der Waals surface area contributed by atoms with Crippen molar-refractivity contribution in [3.8, 4) is 29.3 Å². The molecule has 2 heterocycles. The summed E-state index contributed by atoms with van der Waals surface area (Å²) >= 11 is 0. The number of rotatable bonds is 10. The Balaban J connectivity index is 1.40. The molecule has 3 aromatic carbocycles. The van der Waals surface area contributed by atoms with Crippen molar-refractivity contribution in [2.75, 3.05) is 13.7 Å². The van der Waals surface area contributed by atoms with Crippen molar-refractivity contribution in [3.05, 3.63) is 112 Å². The van der Waals surface area contributed by atoms with Gasteiger partial charge in [0.2, 0.25) is 5.88 Å². The number of nitriles is 2. The molecule has 0 radical (unpaired) electrons. The van der Waals surface area contributed by atoms with Crippen LogP contribution in [0.3, 0.4) is 0 Å². The lowest BCUT2D eigenvalue weighted by molar-refractivity contribution is 0.0697. The van der Waals surface area contributed by atoms with Crippen LogP contribution < -0.4 is 4.74 Å². The van der Waals surface area contributed by atoms with Gasteiger partial charge in [0.25, 0.3) is 0 Å². The fourth-order valence-corrected chi connectivity index (χ4v) is 4.58. The Hall–Kier alpha value is -5.58. The summed E-state index contributed by atoms with van der Waals surface area (Å²) in [6.45, 7) is 0.810. The molecule has 0 spiro atoms. The Kier molecular flexibility index (Phi) is 8.19. The Bertz CT molecular complexity index is 1890. The summed E-state index contributed by atoms with van der Waals surface area (Å²) in [5, 5.41) is 28.3. The molecule has 0 bridgehead atoms. The summed E-state index contributed by atoms with van der Waals surface area (Å²) in [6.07, 6.45) is 0.344. The predicted octanol–water partition coefficient (Wildman–Crippen LogP) is 5.50. The van der Waals surface area contributed by atoms with E-state index in [9.17, 15) is 19.6 Å². The van der Waals surface area contributed by atoms with Crippen LogP contribution in [-0.2, 0) is 24.3 Å². The predicted molar refractivity (Wildman–Crippen MR) is 151 cm³/mol. The molecule has 0 atom stereocenters. The van der Waals surface area contributed by atoms with Crippen molar-refractivity contribution < 1.29 is 23.8 Å². The highest BCUT2D eigenvalue weighted by molar-refractivity contribution is 5.92. The molecule has 5 aromatic rings. The van der Waals surface area contributed by atoms with Crippen molar-refractivity contribution in [2.24, 2.45) is 0 Å². The quantitative estimate of drug-likeness (QED) is 0.236. The number of hydrogen-bond donors (Lipinski definition) is 1. The molecule has 0 saturated heterocycles. The number of aromatic nitrogens is 3. The van der Waals surface area contributed by atoms with Crippen molar-refractivity contribution in [1.29, 1.82) is 10.5 Å². The molecule has 10 heteroatoms. The van der Waals surface area contributed by atoms with Gasteiger partial charge in [0, 0.05) is 37.3 Å². The molecule has 0 unspecified atom stereocenters. The highest BCUT2D eigenvalue weighted by Gasteiger charge is 2.16. The van der Waals surface area contributed by atoms with E-state index >= 15 is 0 Å². The number of carbonyl (C=O) groups is 1. The SMILES string of the molecule is COCCn1c(Cc2ccc(-c3cccc(OCc4ccc(C#N)cc4F)n3)cc2C#N)nc2ccc(C(=O)O)cc21. The second kappa shape index (κ2) is 12.3. The number of aromatic carboxylic acids is 1. The molecule has 0 amide bonds. The number of carboxylic acid groups (broad SMARTS) is 1. The molecule has 9 nitrogen and oxygen atoms in total. The van der Waals surface area contributed by atoms with Crippen molar-refractivity contribution in [3.63, 3.8) is 0 Å². The second-order valence-electron chi connectivity index (χ2n) is 9.41. The van der Waals surface area contributed by atoms with Crippen molar-refractivity contribution >= 4 is 17.0 Å². The topological polar surface area (TPSA) is 134 Å². The second-order valence-corrected chi connectivity index (χ2v) is 9.41. The fraction of sp³-hybridized carbons (Fsp3) is 0.156. The van der Waals surface area contributed by atoms with Crippen LogP contribution >= 0.6 is 0 Å². The van der Waals surface area contributed by atoms with E-state index in [1.54, 1.807) is 43.5 Å². The molecule has 0 aliphatic heterocycles. The molecule has 0 aliphatic rings. The molecule has 1 N–H and O–H groups in total. The third-order valence-corrected chi connectivity index (χ3v) is 6.75. The molecule has 0 aliphatic carbocycles. The van der Waals surface area contributed by atoms with Crippen LogP contribution in [0.5, 0.6) is 5.88 Å². The molecule has 42 heavy (non-hydrogen) atoms. The number of nitrogens with zero attached hydrogens (tertiary/aromatic N) is 5. The Morgan fingerprint density at radius 1 is 1.00 bits per heavy atom. The molecule has 2 aromatic heterocycles. The van der Waals surface area contributed by atoms with Gasteiger partial charge in [-0.1, -0.05) is 24.3 Å². The average Bonchev–Trinajstić information content (AvgIpc) is 3.35. The number of ether oxygens (including phenoxy) is 2. The maximum atomic E-state index is 14.2. The molecule has 5 rings (SSSR count). The lowest BCUT2D eigenvalue weighted by atomic mass is 10.00. The molecular formula is C32H24FN5O4. The Labute approximate surface area is 240 Å². The third kappa shape index (κ3) is 5.94. The van der Waals surface area contributed by atoms with Gasteiger partial charge in [-0.15, -0.1) is 0 Å². The summed E-state index contributed by atoms with van der Waals surface area (Å²) in [4.78, 5) is 20.8. The first-order valence-corrected chi connectivity index (χ1v) is 12.9. The number of methoxy groups -OCH3 is 1. The van der Waals surface area contributed by atoms with E-state index in [-0.39, 0.29) is 23.6 Å². The molecule has 208 valence electrons. The summed E-state index contributed by atoms with van der Waals surface area (Å²) in [6, 6.07) is 23.8. The monoisotopic (exact) mass is 561 g/mol. The van der Waals surface area contributed by atoms with Gasteiger partial charge in [0.05, 0.1) is 52.2 Å². The maximum Gasteiger partial charge on any atom is 0.335 e. The van der Waals surface area contributed by atoms with Crippen LogP contribution in [0.2, 0.25) is 0 Å². The van der Waals surface area contributed by atoms with Gasteiger partial charge in [-0.3, -0.25) is 0 Å². The van der Waals surface area contributed by atoms with Crippen LogP contribution in [0.25, 0.3) is 22.3 Å². The third-order valence-electron chi connectivity index (χ3n) is 6.75. The summed E-state index contributed by atoms with van der Waals surface area (Å²) in [7, 11) is 1.59. The highest BCUT2D eigenvalue weighted by atomic mass is 19.1. The minimum Gasteiger partial charge on any atom is -0.478 e. The zero-order valence-corrected chi connectivity index (χ0v) is 22.5. The van der Waals surface area contributed by atoms with E-state index in [4.69, 9.17) is 19.7 Å². The first kappa shape index (κ1) is 28.0.